The van der Waals surface area contributed by atoms with Gasteiger partial charge in [0.1, 0.15) is 5.78 Å². The maximum Gasteiger partial charge on any atom is 0.129 e. The van der Waals surface area contributed by atoms with E-state index in [0.29, 0.717) is 15.0 Å². The van der Waals surface area contributed by atoms with Gasteiger partial charge >= 0.3 is 0 Å². The standard InChI is InChI=1S/C8H6Cl2.C5H10O.C2H5NS/c1-2-6-7(9)4-3-5-8(6)10;1-3-4-5(2)6;1-2(3)4/h2-5H,1H2;3-4H2,1-2H3;1H3,(H2,3,4). The van der Waals surface area contributed by atoms with Crippen molar-refractivity contribution in [2.24, 2.45) is 5.73 Å². The van der Waals surface area contributed by atoms with Crippen molar-refractivity contribution in [1.82, 2.24) is 0 Å². The van der Waals surface area contributed by atoms with Gasteiger partial charge in [-0.05, 0) is 32.4 Å². The summed E-state index contributed by atoms with van der Waals surface area (Å²) in [6.45, 7) is 8.88. The summed E-state index contributed by atoms with van der Waals surface area (Å²) in [4.78, 5) is 10.5. The summed E-state index contributed by atoms with van der Waals surface area (Å²) in [5.74, 6) is 0.289. The largest absolute Gasteiger partial charge is 0.394 e. The van der Waals surface area contributed by atoms with Gasteiger partial charge in [-0.3, -0.25) is 0 Å². The highest BCUT2D eigenvalue weighted by atomic mass is 35.5. The minimum absolute atomic E-state index is 0.289. The Morgan fingerprint density at radius 1 is 1.35 bits per heavy atom. The predicted molar refractivity (Wildman–Crippen MR) is 94.6 cm³/mol. The molecule has 112 valence electrons. The van der Waals surface area contributed by atoms with E-state index in [1.165, 1.54) is 0 Å². The van der Waals surface area contributed by atoms with Gasteiger partial charge in [0, 0.05) is 22.0 Å². The third-order valence-electron chi connectivity index (χ3n) is 1.81. The number of benzene rings is 1. The van der Waals surface area contributed by atoms with E-state index in [1.54, 1.807) is 38.1 Å². The van der Waals surface area contributed by atoms with Crippen molar-refractivity contribution in [3.63, 3.8) is 0 Å². The van der Waals surface area contributed by atoms with E-state index >= 15 is 0 Å². The fourth-order valence-electron chi connectivity index (χ4n) is 1.06. The van der Waals surface area contributed by atoms with Gasteiger partial charge in [-0.25, -0.2) is 0 Å². The lowest BCUT2D eigenvalue weighted by molar-refractivity contribution is -0.117. The molecule has 2 N–H and O–H groups in total. The van der Waals surface area contributed by atoms with Crippen LogP contribution in [0.5, 0.6) is 0 Å². The zero-order chi connectivity index (χ0) is 16.1. The van der Waals surface area contributed by atoms with Crippen LogP contribution in [0.1, 0.15) is 39.2 Å². The average Bonchev–Trinajstić information content (AvgIpc) is 2.29. The van der Waals surface area contributed by atoms with Crippen LogP contribution in [-0.2, 0) is 4.79 Å². The highest BCUT2D eigenvalue weighted by molar-refractivity contribution is 7.80. The second-order valence-electron chi connectivity index (χ2n) is 3.90. The van der Waals surface area contributed by atoms with Gasteiger partial charge in [0.15, 0.2) is 0 Å². The quantitative estimate of drug-likeness (QED) is 0.762. The lowest BCUT2D eigenvalue weighted by atomic mass is 10.2. The molecule has 0 saturated heterocycles. The third kappa shape index (κ3) is 13.5. The molecule has 0 atom stereocenters. The molecule has 0 amide bonds. The first-order chi connectivity index (χ1) is 9.26. The van der Waals surface area contributed by atoms with Crippen molar-refractivity contribution in [2.75, 3.05) is 0 Å². The van der Waals surface area contributed by atoms with Crippen molar-refractivity contribution >= 4 is 52.3 Å². The third-order valence-corrected chi connectivity index (χ3v) is 2.47. The van der Waals surface area contributed by atoms with Gasteiger partial charge in [0.2, 0.25) is 0 Å². The molecule has 1 rings (SSSR count). The van der Waals surface area contributed by atoms with Crippen molar-refractivity contribution in [3.8, 4) is 0 Å². The van der Waals surface area contributed by atoms with Crippen LogP contribution in [0.3, 0.4) is 0 Å². The Kier molecular flexibility index (Phi) is 14.0. The van der Waals surface area contributed by atoms with Crippen LogP contribution in [0.4, 0.5) is 0 Å². The molecule has 0 spiro atoms. The summed E-state index contributed by atoms with van der Waals surface area (Å²) in [6, 6.07) is 5.37. The number of hydrogen-bond acceptors (Lipinski definition) is 2. The zero-order valence-electron chi connectivity index (χ0n) is 12.1. The molecular weight excluding hydrogens is 313 g/mol. The van der Waals surface area contributed by atoms with Crippen LogP contribution in [-0.4, -0.2) is 10.8 Å². The fraction of sp³-hybridized carbons (Fsp3) is 0.333. The molecule has 0 saturated carbocycles. The Balaban J connectivity index is 0. The molecule has 0 aliphatic carbocycles. The van der Waals surface area contributed by atoms with Gasteiger partial charge in [0.25, 0.3) is 0 Å². The van der Waals surface area contributed by atoms with E-state index in [9.17, 15) is 4.79 Å². The maximum atomic E-state index is 10.0. The van der Waals surface area contributed by atoms with Crippen LogP contribution in [0.25, 0.3) is 6.08 Å². The van der Waals surface area contributed by atoms with Gasteiger partial charge in [-0.15, -0.1) is 0 Å². The van der Waals surface area contributed by atoms with Gasteiger partial charge in [0.05, 0.1) is 4.99 Å². The number of thiocarbonyl (C=S) groups is 1. The summed E-state index contributed by atoms with van der Waals surface area (Å²) in [5, 5.41) is 1.28. The summed E-state index contributed by atoms with van der Waals surface area (Å²) >= 11 is 15.9. The van der Waals surface area contributed by atoms with E-state index < -0.39 is 0 Å². The van der Waals surface area contributed by atoms with Crippen LogP contribution >= 0.6 is 35.4 Å². The summed E-state index contributed by atoms with van der Waals surface area (Å²) in [6.07, 6.45) is 3.36. The van der Waals surface area contributed by atoms with Crippen molar-refractivity contribution in [2.45, 2.75) is 33.6 Å². The van der Waals surface area contributed by atoms with Crippen molar-refractivity contribution in [3.05, 3.63) is 40.4 Å². The molecule has 0 unspecified atom stereocenters. The molecule has 0 aliphatic heterocycles. The summed E-state index contributed by atoms with van der Waals surface area (Å²) in [7, 11) is 0. The molecule has 0 heterocycles. The van der Waals surface area contributed by atoms with E-state index in [-0.39, 0.29) is 5.78 Å². The maximum absolute atomic E-state index is 10.0. The normalized spacial score (nSPS) is 8.45. The first kappa shape index (κ1) is 21.4. The minimum Gasteiger partial charge on any atom is -0.394 e. The zero-order valence-corrected chi connectivity index (χ0v) is 14.4. The number of carbonyl (C=O) groups excluding carboxylic acids is 1. The second kappa shape index (κ2) is 13.1. The molecule has 20 heavy (non-hydrogen) atoms. The van der Waals surface area contributed by atoms with Crippen LogP contribution < -0.4 is 5.73 Å². The van der Waals surface area contributed by atoms with E-state index in [0.717, 1.165) is 18.4 Å². The molecule has 0 radical (unpaired) electrons. The van der Waals surface area contributed by atoms with E-state index in [2.05, 4.69) is 18.8 Å². The van der Waals surface area contributed by atoms with Gasteiger partial charge in [-0.2, -0.15) is 0 Å². The van der Waals surface area contributed by atoms with Gasteiger partial charge in [-0.1, -0.05) is 61.1 Å². The minimum atomic E-state index is 0.289. The topological polar surface area (TPSA) is 43.1 Å². The molecule has 5 heteroatoms. The summed E-state index contributed by atoms with van der Waals surface area (Å²) < 4.78 is 0. The first-order valence-corrected chi connectivity index (χ1v) is 7.24. The monoisotopic (exact) mass is 333 g/mol. The Morgan fingerprint density at radius 2 is 1.75 bits per heavy atom. The molecule has 1 aromatic carbocycles. The smallest absolute Gasteiger partial charge is 0.129 e. The van der Waals surface area contributed by atoms with Crippen LogP contribution in [0, 0.1) is 0 Å². The number of hydrogen-bond donors (Lipinski definition) is 1. The number of nitrogens with two attached hydrogens (primary N) is 1. The van der Waals surface area contributed by atoms with Gasteiger partial charge < -0.3 is 10.5 Å². The second-order valence-corrected chi connectivity index (χ2v) is 5.36. The number of ketones is 1. The Hall–Kier alpha value is -0.900. The fourth-order valence-corrected chi connectivity index (χ4v) is 1.61. The Bertz CT molecular complexity index is 423. The Labute approximate surface area is 137 Å². The number of halogens is 2. The molecule has 0 aliphatic rings. The lowest BCUT2D eigenvalue weighted by Crippen LogP contribution is -1.98. The molecule has 0 fully saturated rings. The number of carbonyl (C=O) groups is 1. The Morgan fingerprint density at radius 3 is 1.90 bits per heavy atom. The SMILES string of the molecule is C=Cc1c(Cl)cccc1Cl.CC(N)=S.CCCC(C)=O. The molecule has 2 nitrogen and oxygen atoms in total. The predicted octanol–water partition coefficient (Wildman–Crippen LogP) is 5.30. The van der Waals surface area contributed by atoms with E-state index in [1.807, 2.05) is 6.92 Å². The van der Waals surface area contributed by atoms with Crippen LogP contribution in [0.15, 0.2) is 24.8 Å². The molecule has 0 aromatic heterocycles. The number of rotatable bonds is 3. The van der Waals surface area contributed by atoms with Crippen molar-refractivity contribution in [1.29, 1.82) is 0 Å². The summed E-state index contributed by atoms with van der Waals surface area (Å²) in [5.41, 5.74) is 5.64. The molecular formula is C15H21Cl2NOS. The van der Waals surface area contributed by atoms with E-state index in [4.69, 9.17) is 28.9 Å². The van der Waals surface area contributed by atoms with Crippen molar-refractivity contribution < 1.29 is 4.79 Å². The van der Waals surface area contributed by atoms with Crippen LogP contribution in [0.2, 0.25) is 10.0 Å². The molecule has 0 bridgehead atoms. The first-order valence-electron chi connectivity index (χ1n) is 6.08. The molecule has 1 aromatic rings. The average molecular weight is 334 g/mol. The number of Topliss-reactive ketones (excluding diaryl/α,β-unsaturated/α-hetero) is 1. The highest BCUT2D eigenvalue weighted by Crippen LogP contribution is 2.24. The lowest BCUT2D eigenvalue weighted by Gasteiger charge is -1.98. The highest BCUT2D eigenvalue weighted by Gasteiger charge is 1.98.